The summed E-state index contributed by atoms with van der Waals surface area (Å²) >= 11 is 3.35. The second-order valence-electron chi connectivity index (χ2n) is 3.67. The molecule has 86 valence electrons. The highest BCUT2D eigenvalue weighted by molar-refractivity contribution is 9.10. The first-order chi connectivity index (χ1) is 8.15. The molecule has 4 heteroatoms. The van der Waals surface area contributed by atoms with Crippen LogP contribution >= 0.6 is 15.9 Å². The van der Waals surface area contributed by atoms with Crippen molar-refractivity contribution in [3.8, 4) is 0 Å². The van der Waals surface area contributed by atoms with Crippen molar-refractivity contribution in [2.75, 3.05) is 0 Å². The van der Waals surface area contributed by atoms with Gasteiger partial charge in [0, 0.05) is 23.0 Å². The summed E-state index contributed by atoms with van der Waals surface area (Å²) in [5.74, 6) is 0.202. The van der Waals surface area contributed by atoms with E-state index in [1.165, 1.54) is 0 Å². The zero-order valence-corrected chi connectivity index (χ0v) is 10.9. The SMILES string of the molecule is Cc1cc[n+](/C=C(\O)c2ccc(Br)cc2)cn1. The highest BCUT2D eigenvalue weighted by Crippen LogP contribution is 2.15. The van der Waals surface area contributed by atoms with Crippen molar-refractivity contribution in [3.63, 3.8) is 0 Å². The van der Waals surface area contributed by atoms with Crippen LogP contribution in [0.3, 0.4) is 0 Å². The Kier molecular flexibility index (Phi) is 3.54. The Hall–Kier alpha value is -1.68. The number of nitrogens with zero attached hydrogens (tertiary/aromatic N) is 2. The van der Waals surface area contributed by atoms with Gasteiger partial charge in [-0.1, -0.05) is 33.0 Å². The number of aromatic nitrogens is 2. The van der Waals surface area contributed by atoms with Crippen LogP contribution in [0.25, 0.3) is 12.0 Å². The van der Waals surface area contributed by atoms with Gasteiger partial charge < -0.3 is 5.11 Å². The van der Waals surface area contributed by atoms with Gasteiger partial charge in [-0.15, -0.1) is 0 Å². The highest BCUT2D eigenvalue weighted by atomic mass is 79.9. The van der Waals surface area contributed by atoms with Crippen LogP contribution in [-0.4, -0.2) is 10.1 Å². The van der Waals surface area contributed by atoms with Gasteiger partial charge >= 0.3 is 0 Å². The van der Waals surface area contributed by atoms with E-state index in [9.17, 15) is 5.11 Å². The standard InChI is InChI=1S/C13H11BrN2O/c1-10-6-7-16(9-15-10)8-13(17)11-2-4-12(14)5-3-11/h2-9H,1H3/p+1/b13-8-. The molecule has 3 nitrogen and oxygen atoms in total. The van der Waals surface area contributed by atoms with Crippen LogP contribution in [0, 0.1) is 6.92 Å². The largest absolute Gasteiger partial charge is 0.504 e. The molecule has 0 spiro atoms. The van der Waals surface area contributed by atoms with E-state index >= 15 is 0 Å². The van der Waals surface area contributed by atoms with Crippen molar-refractivity contribution in [2.45, 2.75) is 6.92 Å². The van der Waals surface area contributed by atoms with Gasteiger partial charge in [-0.3, -0.25) is 0 Å². The normalized spacial score (nSPS) is 11.5. The molecular formula is C13H12BrN2O+. The van der Waals surface area contributed by atoms with Gasteiger partial charge in [-0.25, -0.2) is 4.57 Å². The molecule has 1 heterocycles. The minimum Gasteiger partial charge on any atom is -0.504 e. The van der Waals surface area contributed by atoms with Crippen molar-refractivity contribution in [2.24, 2.45) is 0 Å². The highest BCUT2D eigenvalue weighted by Gasteiger charge is 2.02. The Balaban J connectivity index is 2.27. The minimum atomic E-state index is 0.202. The van der Waals surface area contributed by atoms with E-state index < -0.39 is 0 Å². The smallest absolute Gasteiger partial charge is 0.291 e. The average Bonchev–Trinajstić information content (AvgIpc) is 2.33. The summed E-state index contributed by atoms with van der Waals surface area (Å²) in [6, 6.07) is 9.34. The van der Waals surface area contributed by atoms with Crippen molar-refractivity contribution in [1.82, 2.24) is 4.98 Å². The first kappa shape index (κ1) is 11.8. The van der Waals surface area contributed by atoms with Crippen LogP contribution in [0.2, 0.25) is 0 Å². The maximum Gasteiger partial charge on any atom is 0.291 e. The van der Waals surface area contributed by atoms with Gasteiger partial charge in [0.25, 0.3) is 6.33 Å². The molecule has 0 saturated heterocycles. The van der Waals surface area contributed by atoms with Gasteiger partial charge in [0.1, 0.15) is 6.20 Å². The van der Waals surface area contributed by atoms with Crippen LogP contribution in [0.15, 0.2) is 47.3 Å². The fourth-order valence-electron chi connectivity index (χ4n) is 1.35. The fourth-order valence-corrected chi connectivity index (χ4v) is 1.61. The fraction of sp³-hybridized carbons (Fsp3) is 0.0769. The molecule has 0 aliphatic rings. The van der Waals surface area contributed by atoms with Crippen LogP contribution < -0.4 is 4.57 Å². The molecule has 0 radical (unpaired) electrons. The zero-order valence-electron chi connectivity index (χ0n) is 9.34. The van der Waals surface area contributed by atoms with E-state index in [2.05, 4.69) is 20.9 Å². The lowest BCUT2D eigenvalue weighted by Crippen LogP contribution is -2.26. The molecule has 0 bridgehead atoms. The Morgan fingerprint density at radius 3 is 2.59 bits per heavy atom. The van der Waals surface area contributed by atoms with E-state index in [-0.39, 0.29) is 5.76 Å². The maximum atomic E-state index is 9.93. The number of aliphatic hydroxyl groups excluding tert-OH is 1. The predicted octanol–water partition coefficient (Wildman–Crippen LogP) is 2.95. The molecule has 0 aliphatic carbocycles. The van der Waals surface area contributed by atoms with Gasteiger partial charge in [-0.05, 0) is 12.1 Å². The van der Waals surface area contributed by atoms with Crippen LogP contribution in [0.5, 0.6) is 0 Å². The van der Waals surface area contributed by atoms with E-state index in [1.807, 2.05) is 43.5 Å². The molecule has 0 amide bonds. The molecule has 0 unspecified atom stereocenters. The van der Waals surface area contributed by atoms with E-state index in [0.717, 1.165) is 15.7 Å². The zero-order chi connectivity index (χ0) is 12.3. The first-order valence-electron chi connectivity index (χ1n) is 5.15. The lowest BCUT2D eigenvalue weighted by atomic mass is 10.2. The number of halogens is 1. The second-order valence-corrected chi connectivity index (χ2v) is 4.59. The first-order valence-corrected chi connectivity index (χ1v) is 5.94. The molecule has 1 aromatic carbocycles. The molecule has 0 saturated carbocycles. The number of hydrogen-bond donors (Lipinski definition) is 1. The molecule has 0 atom stereocenters. The average molecular weight is 292 g/mol. The summed E-state index contributed by atoms with van der Waals surface area (Å²) in [6.45, 7) is 1.92. The van der Waals surface area contributed by atoms with Crippen LogP contribution in [0.1, 0.15) is 11.3 Å². The van der Waals surface area contributed by atoms with Crippen molar-refractivity contribution in [3.05, 3.63) is 58.6 Å². The predicted molar refractivity (Wildman–Crippen MR) is 70.1 cm³/mol. The summed E-state index contributed by atoms with van der Waals surface area (Å²) in [6.07, 6.45) is 5.12. The molecule has 2 rings (SSSR count). The molecule has 1 aromatic heterocycles. The molecule has 0 aliphatic heterocycles. The maximum absolute atomic E-state index is 9.93. The molecule has 17 heavy (non-hydrogen) atoms. The second kappa shape index (κ2) is 5.10. The molecular weight excluding hydrogens is 280 g/mol. The minimum absolute atomic E-state index is 0.202. The van der Waals surface area contributed by atoms with Crippen molar-refractivity contribution in [1.29, 1.82) is 0 Å². The summed E-state index contributed by atoms with van der Waals surface area (Å²) in [5, 5.41) is 9.93. The summed E-state index contributed by atoms with van der Waals surface area (Å²) in [5.41, 5.74) is 1.71. The van der Waals surface area contributed by atoms with Gasteiger partial charge in [0.15, 0.2) is 11.5 Å². The van der Waals surface area contributed by atoms with Crippen molar-refractivity contribution >= 4 is 27.9 Å². The number of benzene rings is 1. The Labute approximate surface area is 108 Å². The summed E-state index contributed by atoms with van der Waals surface area (Å²) < 4.78 is 2.70. The summed E-state index contributed by atoms with van der Waals surface area (Å²) in [7, 11) is 0. The lowest BCUT2D eigenvalue weighted by Gasteiger charge is -1.99. The number of rotatable bonds is 2. The Bertz CT molecular complexity index is 532. The van der Waals surface area contributed by atoms with Gasteiger partial charge in [-0.2, -0.15) is 0 Å². The quantitative estimate of drug-likeness (QED) is 0.682. The number of aryl methyl sites for hydroxylation is 1. The Morgan fingerprint density at radius 1 is 1.29 bits per heavy atom. The molecule has 1 N–H and O–H groups in total. The Morgan fingerprint density at radius 2 is 2.00 bits per heavy atom. The third-order valence-electron chi connectivity index (χ3n) is 2.29. The topological polar surface area (TPSA) is 37.0 Å². The number of hydrogen-bond acceptors (Lipinski definition) is 2. The van der Waals surface area contributed by atoms with E-state index in [4.69, 9.17) is 0 Å². The molecule has 0 fully saturated rings. The van der Waals surface area contributed by atoms with Crippen LogP contribution in [-0.2, 0) is 0 Å². The van der Waals surface area contributed by atoms with Gasteiger partial charge in [0.2, 0.25) is 0 Å². The summed E-state index contributed by atoms with van der Waals surface area (Å²) in [4.78, 5) is 4.14. The monoisotopic (exact) mass is 291 g/mol. The van der Waals surface area contributed by atoms with Gasteiger partial charge in [0.05, 0.1) is 6.20 Å². The van der Waals surface area contributed by atoms with Crippen molar-refractivity contribution < 1.29 is 9.67 Å². The van der Waals surface area contributed by atoms with E-state index in [0.29, 0.717) is 0 Å². The third kappa shape index (κ3) is 3.14. The number of aliphatic hydroxyl groups is 1. The lowest BCUT2D eigenvalue weighted by molar-refractivity contribution is -0.571. The third-order valence-corrected chi connectivity index (χ3v) is 2.82. The van der Waals surface area contributed by atoms with E-state index in [1.54, 1.807) is 17.1 Å². The molecule has 2 aromatic rings. The van der Waals surface area contributed by atoms with Crippen LogP contribution in [0.4, 0.5) is 0 Å².